The fourth-order valence-corrected chi connectivity index (χ4v) is 4.12. The molecule has 4 aromatic rings. The topological polar surface area (TPSA) is 113 Å². The number of nitrogens with one attached hydrogen (secondary N) is 2. The lowest BCUT2D eigenvalue weighted by molar-refractivity contribution is -0.132. The number of rotatable bonds is 3. The smallest absolute Gasteiger partial charge is 0.326 e. The zero-order valence-corrected chi connectivity index (χ0v) is 15.4. The molecule has 1 fully saturated rings. The maximum atomic E-state index is 12.7. The lowest BCUT2D eigenvalue weighted by atomic mass is 10.0. The van der Waals surface area contributed by atoms with Crippen molar-refractivity contribution in [1.82, 2.24) is 29.6 Å². The van der Waals surface area contributed by atoms with Crippen LogP contribution in [0.15, 0.2) is 33.8 Å². The third-order valence-electron chi connectivity index (χ3n) is 5.38. The number of nitrogens with zero attached hydrogens (tertiary/aromatic N) is 4. The summed E-state index contributed by atoms with van der Waals surface area (Å²) in [7, 11) is 0. The number of aromatic amines is 2. The average molecular weight is 380 g/mol. The molecule has 0 aliphatic carbocycles. The fourth-order valence-electron chi connectivity index (χ4n) is 4.12. The van der Waals surface area contributed by atoms with E-state index in [2.05, 4.69) is 20.1 Å². The van der Waals surface area contributed by atoms with Gasteiger partial charge in [0, 0.05) is 30.7 Å². The van der Waals surface area contributed by atoms with E-state index in [4.69, 9.17) is 4.52 Å². The Bertz CT molecular complexity index is 1230. The van der Waals surface area contributed by atoms with E-state index in [0.717, 1.165) is 35.1 Å². The van der Waals surface area contributed by atoms with Crippen LogP contribution in [0, 0.1) is 6.92 Å². The van der Waals surface area contributed by atoms with Gasteiger partial charge < -0.3 is 19.4 Å². The van der Waals surface area contributed by atoms with Crippen LogP contribution < -0.4 is 5.69 Å². The molecule has 1 saturated heterocycles. The first-order valence-corrected chi connectivity index (χ1v) is 9.36. The van der Waals surface area contributed by atoms with E-state index in [1.54, 1.807) is 16.8 Å². The maximum absolute atomic E-state index is 12.7. The summed E-state index contributed by atoms with van der Waals surface area (Å²) in [6.07, 6.45) is 5.35. The molecule has 1 aliphatic heterocycles. The highest BCUT2D eigenvalue weighted by atomic mass is 16.5. The molecule has 0 unspecified atom stereocenters. The highest BCUT2D eigenvalue weighted by Crippen LogP contribution is 2.28. The molecule has 0 spiro atoms. The number of amides is 1. The monoisotopic (exact) mass is 380 g/mol. The van der Waals surface area contributed by atoms with Crippen molar-refractivity contribution in [3.8, 4) is 0 Å². The van der Waals surface area contributed by atoms with Crippen LogP contribution in [0.25, 0.3) is 22.1 Å². The molecular weight excluding hydrogens is 360 g/mol. The molecule has 4 aromatic heterocycles. The number of likely N-dealkylation sites (tertiary alicyclic amines) is 1. The molecule has 0 bridgehead atoms. The largest absolute Gasteiger partial charge is 0.361 e. The molecule has 2 N–H and O–H groups in total. The van der Waals surface area contributed by atoms with Gasteiger partial charge in [-0.2, -0.15) is 0 Å². The number of carbonyl (C=O) groups excluding carboxylic acids is 1. The number of aromatic nitrogens is 5. The van der Waals surface area contributed by atoms with Crippen molar-refractivity contribution in [3.05, 3.63) is 46.5 Å². The van der Waals surface area contributed by atoms with Gasteiger partial charge in [-0.1, -0.05) is 5.16 Å². The van der Waals surface area contributed by atoms with Gasteiger partial charge in [0.15, 0.2) is 0 Å². The van der Waals surface area contributed by atoms with Gasteiger partial charge in [0.2, 0.25) is 5.91 Å². The molecule has 5 rings (SSSR count). The summed E-state index contributed by atoms with van der Waals surface area (Å²) in [5.74, 6) is 0.552. The van der Waals surface area contributed by atoms with Crippen LogP contribution in [0.2, 0.25) is 0 Å². The number of fused-ring (bicyclic) bond motifs is 3. The van der Waals surface area contributed by atoms with Crippen LogP contribution in [0.5, 0.6) is 0 Å². The van der Waals surface area contributed by atoms with Crippen molar-refractivity contribution < 1.29 is 9.32 Å². The van der Waals surface area contributed by atoms with Crippen LogP contribution >= 0.6 is 0 Å². The molecule has 1 aliphatic rings. The standard InChI is InChI=1S/C19H20N6O3/c1-11-7-13(28-23-11)8-16(26)24-6-2-3-12(10-24)25-17-14-4-5-20-18(14)21-9-15(17)22-19(25)27/h4-5,7,9,12H,2-3,6,8,10H2,1H3,(H,20,21)(H,22,27)/t12-/m1/s1. The number of aryl methyl sites for hydroxylation is 1. The normalized spacial score (nSPS) is 17.6. The minimum Gasteiger partial charge on any atom is -0.361 e. The van der Waals surface area contributed by atoms with Gasteiger partial charge in [0.1, 0.15) is 11.4 Å². The summed E-state index contributed by atoms with van der Waals surface area (Å²) >= 11 is 0. The highest BCUT2D eigenvalue weighted by Gasteiger charge is 2.28. The highest BCUT2D eigenvalue weighted by molar-refractivity contribution is 6.00. The predicted octanol–water partition coefficient (Wildman–Crippen LogP) is 1.91. The Labute approximate surface area is 159 Å². The minimum atomic E-state index is -0.171. The summed E-state index contributed by atoms with van der Waals surface area (Å²) in [5.41, 5.74) is 2.87. The second-order valence-corrected chi connectivity index (χ2v) is 7.31. The Hall–Kier alpha value is -3.36. The summed E-state index contributed by atoms with van der Waals surface area (Å²) in [6, 6.07) is 3.61. The first-order chi connectivity index (χ1) is 13.6. The quantitative estimate of drug-likeness (QED) is 0.564. The zero-order chi connectivity index (χ0) is 19.3. The van der Waals surface area contributed by atoms with Crippen molar-refractivity contribution >= 4 is 28.0 Å². The number of carbonyl (C=O) groups is 1. The molecular formula is C19H20N6O3. The van der Waals surface area contributed by atoms with Crippen molar-refractivity contribution in [2.45, 2.75) is 32.2 Å². The number of pyridine rings is 1. The summed E-state index contributed by atoms with van der Waals surface area (Å²) in [5, 5.41) is 4.74. The number of hydrogen-bond donors (Lipinski definition) is 2. The Balaban J connectivity index is 1.46. The third kappa shape index (κ3) is 2.70. The van der Waals surface area contributed by atoms with Gasteiger partial charge in [-0.15, -0.1) is 0 Å². The molecule has 1 amide bonds. The van der Waals surface area contributed by atoms with Gasteiger partial charge in [0.05, 0.1) is 35.4 Å². The molecule has 0 radical (unpaired) electrons. The van der Waals surface area contributed by atoms with Crippen molar-refractivity contribution in [1.29, 1.82) is 0 Å². The molecule has 0 aromatic carbocycles. The molecule has 0 saturated carbocycles. The van der Waals surface area contributed by atoms with E-state index in [9.17, 15) is 9.59 Å². The summed E-state index contributed by atoms with van der Waals surface area (Å²) in [4.78, 5) is 37.6. The van der Waals surface area contributed by atoms with E-state index in [1.807, 2.05) is 24.1 Å². The lowest BCUT2D eigenvalue weighted by Crippen LogP contribution is -2.43. The van der Waals surface area contributed by atoms with Crippen molar-refractivity contribution in [3.63, 3.8) is 0 Å². The fraction of sp³-hybridized carbons (Fsp3) is 0.368. The van der Waals surface area contributed by atoms with E-state index >= 15 is 0 Å². The third-order valence-corrected chi connectivity index (χ3v) is 5.38. The zero-order valence-electron chi connectivity index (χ0n) is 15.4. The second-order valence-electron chi connectivity index (χ2n) is 7.31. The molecule has 9 nitrogen and oxygen atoms in total. The first-order valence-electron chi connectivity index (χ1n) is 9.36. The summed E-state index contributed by atoms with van der Waals surface area (Å²) in [6.45, 7) is 3.00. The van der Waals surface area contributed by atoms with Gasteiger partial charge in [-0.25, -0.2) is 9.78 Å². The van der Waals surface area contributed by atoms with Crippen LogP contribution in [0.1, 0.15) is 30.3 Å². The average Bonchev–Trinajstić information content (AvgIpc) is 3.39. The number of piperidine rings is 1. The minimum absolute atomic E-state index is 0.0119. The molecule has 28 heavy (non-hydrogen) atoms. The van der Waals surface area contributed by atoms with Crippen molar-refractivity contribution in [2.75, 3.05) is 13.1 Å². The van der Waals surface area contributed by atoms with E-state index in [-0.39, 0.29) is 24.1 Å². The van der Waals surface area contributed by atoms with Crippen LogP contribution in [-0.2, 0) is 11.2 Å². The Morgan fingerprint density at radius 1 is 1.43 bits per heavy atom. The SMILES string of the molecule is Cc1cc(CC(=O)N2CCC[C@@H](n3c(=O)[nH]c4cnc5[nH]ccc5c43)C2)on1. The predicted molar refractivity (Wildman–Crippen MR) is 102 cm³/mol. The number of imidazole rings is 1. The number of hydrogen-bond acceptors (Lipinski definition) is 5. The molecule has 1 atom stereocenters. The van der Waals surface area contributed by atoms with Crippen LogP contribution in [0.4, 0.5) is 0 Å². The van der Waals surface area contributed by atoms with Gasteiger partial charge in [-0.3, -0.25) is 9.36 Å². The molecule has 5 heterocycles. The van der Waals surface area contributed by atoms with Crippen LogP contribution in [0.3, 0.4) is 0 Å². The van der Waals surface area contributed by atoms with E-state index in [0.29, 0.717) is 24.4 Å². The lowest BCUT2D eigenvalue weighted by Gasteiger charge is -2.33. The van der Waals surface area contributed by atoms with E-state index < -0.39 is 0 Å². The molecule has 9 heteroatoms. The van der Waals surface area contributed by atoms with Crippen LogP contribution in [-0.4, -0.2) is 48.6 Å². The number of H-pyrrole nitrogens is 2. The Kier molecular flexibility index (Phi) is 3.81. The maximum Gasteiger partial charge on any atom is 0.326 e. The van der Waals surface area contributed by atoms with Crippen molar-refractivity contribution in [2.24, 2.45) is 0 Å². The van der Waals surface area contributed by atoms with Gasteiger partial charge in [0.25, 0.3) is 0 Å². The molecule has 144 valence electrons. The Morgan fingerprint density at radius 2 is 2.32 bits per heavy atom. The first kappa shape index (κ1) is 16.8. The van der Waals surface area contributed by atoms with E-state index in [1.165, 1.54) is 0 Å². The summed E-state index contributed by atoms with van der Waals surface area (Å²) < 4.78 is 6.96. The Morgan fingerprint density at radius 3 is 3.14 bits per heavy atom. The van der Waals surface area contributed by atoms with Gasteiger partial charge in [-0.05, 0) is 25.8 Å². The second kappa shape index (κ2) is 6.36. The van der Waals surface area contributed by atoms with Gasteiger partial charge >= 0.3 is 5.69 Å².